The van der Waals surface area contributed by atoms with Gasteiger partial charge in [0.25, 0.3) is 0 Å². The number of rotatable bonds is 3. The van der Waals surface area contributed by atoms with Crippen LogP contribution in [-0.4, -0.2) is 32.4 Å². The summed E-state index contributed by atoms with van der Waals surface area (Å²) in [4.78, 5) is 3.94. The van der Waals surface area contributed by atoms with E-state index < -0.39 is 5.60 Å². The molecule has 2 atom stereocenters. The maximum absolute atomic E-state index is 10.5. The topological polar surface area (TPSA) is 70.9 Å². The van der Waals surface area contributed by atoms with Crippen molar-refractivity contribution in [2.75, 3.05) is 11.9 Å². The summed E-state index contributed by atoms with van der Waals surface area (Å²) in [6, 6.07) is 0. The minimum atomic E-state index is -0.710. The molecule has 2 unspecified atom stereocenters. The predicted octanol–water partition coefficient (Wildman–Crippen LogP) is 2.53. The molecular formula is C11H16Cl2N4O. The van der Waals surface area contributed by atoms with Crippen molar-refractivity contribution in [3.8, 4) is 0 Å². The highest BCUT2D eigenvalue weighted by Crippen LogP contribution is 2.32. The van der Waals surface area contributed by atoms with Gasteiger partial charge in [-0.3, -0.25) is 0 Å². The van der Waals surface area contributed by atoms with Crippen LogP contribution in [-0.2, 0) is 0 Å². The minimum Gasteiger partial charge on any atom is -0.388 e. The molecule has 0 aromatic carbocycles. The Kier molecular flexibility index (Phi) is 4.25. The summed E-state index contributed by atoms with van der Waals surface area (Å²) in [6.07, 6.45) is 3.78. The highest BCUT2D eigenvalue weighted by molar-refractivity contribution is 6.32. The van der Waals surface area contributed by atoms with Crippen LogP contribution in [0.4, 0.5) is 5.82 Å². The molecule has 18 heavy (non-hydrogen) atoms. The molecule has 1 saturated carbocycles. The maximum atomic E-state index is 10.5. The average molecular weight is 291 g/mol. The molecule has 0 aliphatic heterocycles. The van der Waals surface area contributed by atoms with E-state index in [1.165, 1.54) is 6.42 Å². The number of aromatic nitrogens is 3. The van der Waals surface area contributed by atoms with E-state index in [2.05, 4.69) is 27.4 Å². The molecule has 100 valence electrons. The second-order valence-corrected chi connectivity index (χ2v) is 5.70. The SMILES string of the molecule is CC1CCCC(O)(CNc2nc(Cl)nnc2Cl)C1. The van der Waals surface area contributed by atoms with Gasteiger partial charge in [-0.1, -0.05) is 31.4 Å². The fourth-order valence-corrected chi connectivity index (χ4v) is 2.72. The molecule has 0 saturated heterocycles. The van der Waals surface area contributed by atoms with Gasteiger partial charge in [-0.2, -0.15) is 4.98 Å². The molecule has 0 bridgehead atoms. The molecule has 1 aromatic rings. The summed E-state index contributed by atoms with van der Waals surface area (Å²) in [6.45, 7) is 2.55. The van der Waals surface area contributed by atoms with Crippen molar-refractivity contribution >= 4 is 29.0 Å². The summed E-state index contributed by atoms with van der Waals surface area (Å²) in [7, 11) is 0. The Morgan fingerprint density at radius 3 is 2.94 bits per heavy atom. The van der Waals surface area contributed by atoms with Crippen LogP contribution in [0.25, 0.3) is 0 Å². The molecule has 2 N–H and O–H groups in total. The zero-order valence-corrected chi connectivity index (χ0v) is 11.7. The van der Waals surface area contributed by atoms with Gasteiger partial charge in [0.15, 0.2) is 11.0 Å². The highest BCUT2D eigenvalue weighted by Gasteiger charge is 2.32. The molecule has 2 rings (SSSR count). The molecule has 1 fully saturated rings. The van der Waals surface area contributed by atoms with Gasteiger partial charge in [0.1, 0.15) is 0 Å². The van der Waals surface area contributed by atoms with Crippen LogP contribution in [0.5, 0.6) is 0 Å². The summed E-state index contributed by atoms with van der Waals surface area (Å²) >= 11 is 11.5. The molecule has 1 heterocycles. The smallest absolute Gasteiger partial charge is 0.245 e. The number of aliphatic hydroxyl groups is 1. The van der Waals surface area contributed by atoms with Crippen LogP contribution in [0.15, 0.2) is 0 Å². The van der Waals surface area contributed by atoms with Crippen LogP contribution in [0, 0.1) is 5.92 Å². The van der Waals surface area contributed by atoms with Gasteiger partial charge in [0.05, 0.1) is 5.60 Å². The van der Waals surface area contributed by atoms with Crippen molar-refractivity contribution in [1.82, 2.24) is 15.2 Å². The average Bonchev–Trinajstić information content (AvgIpc) is 2.30. The molecule has 0 amide bonds. The van der Waals surface area contributed by atoms with Crippen LogP contribution < -0.4 is 5.32 Å². The minimum absolute atomic E-state index is 0.0332. The number of halogens is 2. The normalized spacial score (nSPS) is 28.1. The largest absolute Gasteiger partial charge is 0.388 e. The zero-order valence-electron chi connectivity index (χ0n) is 10.2. The van der Waals surface area contributed by atoms with Crippen LogP contribution >= 0.6 is 23.2 Å². The summed E-state index contributed by atoms with van der Waals surface area (Å²) < 4.78 is 0. The van der Waals surface area contributed by atoms with Crippen LogP contribution in [0.2, 0.25) is 10.4 Å². The van der Waals surface area contributed by atoms with Crippen molar-refractivity contribution in [2.45, 2.75) is 38.2 Å². The third kappa shape index (κ3) is 3.43. The lowest BCUT2D eigenvalue weighted by Crippen LogP contribution is -2.41. The first-order chi connectivity index (χ1) is 8.48. The summed E-state index contributed by atoms with van der Waals surface area (Å²) in [5.74, 6) is 0.899. The lowest BCUT2D eigenvalue weighted by atomic mass is 9.79. The quantitative estimate of drug-likeness (QED) is 0.895. The lowest BCUT2D eigenvalue weighted by Gasteiger charge is -2.35. The van der Waals surface area contributed by atoms with E-state index in [-0.39, 0.29) is 10.4 Å². The molecule has 5 nitrogen and oxygen atoms in total. The van der Waals surface area contributed by atoms with Crippen molar-refractivity contribution < 1.29 is 5.11 Å². The third-order valence-corrected chi connectivity index (χ3v) is 3.69. The molecular weight excluding hydrogens is 275 g/mol. The van der Waals surface area contributed by atoms with Gasteiger partial charge < -0.3 is 10.4 Å². The predicted molar refractivity (Wildman–Crippen MR) is 70.9 cm³/mol. The van der Waals surface area contributed by atoms with Gasteiger partial charge >= 0.3 is 0 Å². The standard InChI is InChI=1S/C11H16Cl2N4O/c1-7-3-2-4-11(18,5-7)6-14-9-8(12)16-17-10(13)15-9/h7,18H,2-6H2,1H3,(H,14,15,17). The van der Waals surface area contributed by atoms with E-state index in [1.54, 1.807) is 0 Å². The van der Waals surface area contributed by atoms with Gasteiger partial charge in [-0.15, -0.1) is 10.2 Å². The van der Waals surface area contributed by atoms with E-state index >= 15 is 0 Å². The Hall–Kier alpha value is -0.650. The molecule has 1 aliphatic carbocycles. The first-order valence-electron chi connectivity index (χ1n) is 6.00. The zero-order chi connectivity index (χ0) is 13.2. The molecule has 1 aromatic heterocycles. The van der Waals surface area contributed by atoms with Gasteiger partial charge in [0, 0.05) is 6.54 Å². The van der Waals surface area contributed by atoms with Crippen molar-refractivity contribution in [3.63, 3.8) is 0 Å². The van der Waals surface area contributed by atoms with Crippen molar-refractivity contribution in [3.05, 3.63) is 10.4 Å². The Morgan fingerprint density at radius 2 is 2.22 bits per heavy atom. The fraction of sp³-hybridized carbons (Fsp3) is 0.727. The van der Waals surface area contributed by atoms with Gasteiger partial charge in [0.2, 0.25) is 5.28 Å². The molecule has 1 aliphatic rings. The second kappa shape index (κ2) is 5.55. The molecule has 7 heteroatoms. The first-order valence-corrected chi connectivity index (χ1v) is 6.76. The van der Waals surface area contributed by atoms with E-state index in [9.17, 15) is 5.11 Å². The number of anilines is 1. The van der Waals surface area contributed by atoms with E-state index in [0.29, 0.717) is 18.3 Å². The Balaban J connectivity index is 2.00. The van der Waals surface area contributed by atoms with E-state index in [1.807, 2.05) is 0 Å². The lowest BCUT2D eigenvalue weighted by molar-refractivity contribution is -0.000831. The van der Waals surface area contributed by atoms with Crippen LogP contribution in [0.3, 0.4) is 0 Å². The van der Waals surface area contributed by atoms with Crippen molar-refractivity contribution in [2.24, 2.45) is 5.92 Å². The Morgan fingerprint density at radius 1 is 1.44 bits per heavy atom. The summed E-state index contributed by atoms with van der Waals surface area (Å²) in [5.41, 5.74) is -0.710. The van der Waals surface area contributed by atoms with Gasteiger partial charge in [-0.25, -0.2) is 0 Å². The highest BCUT2D eigenvalue weighted by atomic mass is 35.5. The molecule has 0 radical (unpaired) electrons. The number of nitrogens with zero attached hydrogens (tertiary/aromatic N) is 3. The van der Waals surface area contributed by atoms with E-state index in [4.69, 9.17) is 23.2 Å². The first kappa shape index (κ1) is 13.8. The Bertz CT molecular complexity index is 432. The van der Waals surface area contributed by atoms with E-state index in [0.717, 1.165) is 19.3 Å². The third-order valence-electron chi connectivity index (χ3n) is 3.27. The monoisotopic (exact) mass is 290 g/mol. The number of hydrogen-bond acceptors (Lipinski definition) is 5. The Labute approximate surface area is 116 Å². The maximum Gasteiger partial charge on any atom is 0.245 e. The number of hydrogen-bond donors (Lipinski definition) is 2. The number of nitrogens with one attached hydrogen (secondary N) is 1. The van der Waals surface area contributed by atoms with Crippen molar-refractivity contribution in [1.29, 1.82) is 0 Å². The summed E-state index contributed by atoms with van der Waals surface area (Å²) in [5, 5.41) is 20.8. The molecule has 0 spiro atoms. The van der Waals surface area contributed by atoms with Crippen LogP contribution in [0.1, 0.15) is 32.6 Å². The van der Waals surface area contributed by atoms with Gasteiger partial charge in [-0.05, 0) is 30.4 Å². The fourth-order valence-electron chi connectivity index (χ4n) is 2.45. The second-order valence-electron chi connectivity index (χ2n) is 5.00.